The number of aromatic nitrogens is 3. The molecule has 0 fully saturated rings. The van der Waals surface area contributed by atoms with E-state index in [0.29, 0.717) is 52.6 Å². The van der Waals surface area contributed by atoms with Crippen LogP contribution < -0.4 is 16.0 Å². The lowest BCUT2D eigenvalue weighted by molar-refractivity contribution is 0.0979. The fourth-order valence-corrected chi connectivity index (χ4v) is 4.37. The van der Waals surface area contributed by atoms with Gasteiger partial charge in [-0.1, -0.05) is 30.3 Å². The Kier molecular flexibility index (Phi) is 7.17. The van der Waals surface area contributed by atoms with Gasteiger partial charge in [0.1, 0.15) is 17.1 Å². The topological polar surface area (TPSA) is 83.2 Å². The average molecular weight is 492 g/mol. The number of unbranched alkanes of at least 4 members (excludes halogenated alkanes) is 1. The van der Waals surface area contributed by atoms with Crippen LogP contribution in [0.1, 0.15) is 35.3 Å². The van der Waals surface area contributed by atoms with Gasteiger partial charge in [0.05, 0.1) is 11.1 Å². The zero-order valence-corrected chi connectivity index (χ0v) is 20.6. The Hall–Kier alpha value is -3.71. The van der Waals surface area contributed by atoms with Gasteiger partial charge in [-0.05, 0) is 49.6 Å². The monoisotopic (exact) mass is 491 g/mol. The van der Waals surface area contributed by atoms with E-state index >= 15 is 0 Å². The minimum atomic E-state index is -0.505. The maximum Gasteiger partial charge on any atom is 0.332 e. The number of rotatable bonds is 8. The summed E-state index contributed by atoms with van der Waals surface area (Å²) in [6.07, 6.45) is 1.61. The molecule has 0 spiro atoms. The number of benzene rings is 2. The highest BCUT2D eigenvalue weighted by molar-refractivity contribution is 6.17. The highest BCUT2D eigenvalue weighted by Crippen LogP contribution is 2.35. The van der Waals surface area contributed by atoms with Crippen LogP contribution in [0.4, 0.5) is 0 Å². The first kappa shape index (κ1) is 24.4. The Bertz CT molecular complexity index is 1520. The van der Waals surface area contributed by atoms with Crippen molar-refractivity contribution in [3.63, 3.8) is 0 Å². The van der Waals surface area contributed by atoms with Gasteiger partial charge < -0.3 is 4.74 Å². The summed E-state index contributed by atoms with van der Waals surface area (Å²) in [7, 11) is 2.99. The van der Waals surface area contributed by atoms with Gasteiger partial charge in [0, 0.05) is 37.5 Å². The van der Waals surface area contributed by atoms with Crippen LogP contribution >= 0.6 is 11.6 Å². The molecule has 0 radical (unpaired) electrons. The lowest BCUT2D eigenvalue weighted by Gasteiger charge is -2.17. The Morgan fingerprint density at radius 1 is 0.971 bits per heavy atom. The molecular formula is C27H26ClN3O4. The SMILES string of the molecule is Cc1nc2c(c(-c3cccc(Oc4ccccc4)c3)c1C(=O)CCCCCl)c(=O)n(C)c(=O)n2C. The molecule has 35 heavy (non-hydrogen) atoms. The molecule has 0 aliphatic rings. The molecule has 0 amide bonds. The largest absolute Gasteiger partial charge is 0.457 e. The number of carbonyl (C=O) groups is 1. The molecule has 0 unspecified atom stereocenters. The van der Waals surface area contributed by atoms with Crippen LogP contribution in [0.15, 0.2) is 64.2 Å². The molecule has 0 atom stereocenters. The van der Waals surface area contributed by atoms with Crippen molar-refractivity contribution in [3.05, 3.63) is 86.7 Å². The second-order valence-corrected chi connectivity index (χ2v) is 8.74. The maximum absolute atomic E-state index is 13.4. The second-order valence-electron chi connectivity index (χ2n) is 8.36. The number of ether oxygens (including phenoxy) is 1. The van der Waals surface area contributed by atoms with Gasteiger partial charge in [-0.25, -0.2) is 9.78 Å². The third-order valence-corrected chi connectivity index (χ3v) is 6.20. The van der Waals surface area contributed by atoms with E-state index in [4.69, 9.17) is 16.3 Å². The molecule has 0 bridgehead atoms. The molecule has 2 aromatic carbocycles. The highest BCUT2D eigenvalue weighted by Gasteiger charge is 2.24. The van der Waals surface area contributed by atoms with Gasteiger partial charge in [0.2, 0.25) is 0 Å². The van der Waals surface area contributed by atoms with Crippen LogP contribution in [0.25, 0.3) is 22.2 Å². The third kappa shape index (κ3) is 4.77. The van der Waals surface area contributed by atoms with Crippen molar-refractivity contribution in [2.45, 2.75) is 26.2 Å². The lowest BCUT2D eigenvalue weighted by atomic mass is 9.91. The number of aryl methyl sites for hydroxylation is 2. The molecule has 0 saturated carbocycles. The third-order valence-electron chi connectivity index (χ3n) is 5.94. The highest BCUT2D eigenvalue weighted by atomic mass is 35.5. The van der Waals surface area contributed by atoms with Gasteiger partial charge in [-0.2, -0.15) is 0 Å². The predicted octanol–water partition coefficient (Wildman–Crippen LogP) is 4.99. The first-order chi connectivity index (χ1) is 16.8. The van der Waals surface area contributed by atoms with E-state index in [-0.39, 0.29) is 23.2 Å². The van der Waals surface area contributed by atoms with Crippen LogP contribution in [0.2, 0.25) is 0 Å². The number of Topliss-reactive ketones (excluding diaryl/α,β-unsaturated/α-hetero) is 1. The molecule has 2 heterocycles. The first-order valence-electron chi connectivity index (χ1n) is 11.4. The zero-order valence-electron chi connectivity index (χ0n) is 19.9. The van der Waals surface area contributed by atoms with Crippen molar-refractivity contribution in [3.8, 4) is 22.6 Å². The number of ketones is 1. The van der Waals surface area contributed by atoms with Gasteiger partial charge in [0.15, 0.2) is 5.78 Å². The van der Waals surface area contributed by atoms with Crippen LogP contribution in [-0.2, 0) is 14.1 Å². The summed E-state index contributed by atoms with van der Waals surface area (Å²) in [6, 6.07) is 16.6. The van der Waals surface area contributed by atoms with Gasteiger partial charge in [-0.15, -0.1) is 11.6 Å². The van der Waals surface area contributed by atoms with Crippen molar-refractivity contribution < 1.29 is 9.53 Å². The molecular weight excluding hydrogens is 466 g/mol. The number of hydrogen-bond donors (Lipinski definition) is 0. The number of nitrogens with zero attached hydrogens (tertiary/aromatic N) is 3. The molecule has 0 saturated heterocycles. The summed E-state index contributed by atoms with van der Waals surface area (Å²) in [5, 5.41) is 0.220. The fourth-order valence-electron chi connectivity index (χ4n) is 4.18. The summed E-state index contributed by atoms with van der Waals surface area (Å²) in [6.45, 7) is 1.73. The standard InChI is InChI=1S/C27H26ClN3O4/c1-17-22(21(32)14-7-8-15-28)23(24-25(29-17)30(2)27(34)31(3)26(24)33)18-10-9-13-20(16-18)35-19-11-5-4-6-12-19/h4-6,9-13,16H,7-8,14-15H2,1-3H3. The van der Waals surface area contributed by atoms with Crippen LogP contribution in [0.5, 0.6) is 11.5 Å². The Morgan fingerprint density at radius 3 is 2.40 bits per heavy atom. The second kappa shape index (κ2) is 10.3. The van der Waals surface area contributed by atoms with Gasteiger partial charge in [0.25, 0.3) is 5.56 Å². The summed E-state index contributed by atoms with van der Waals surface area (Å²) < 4.78 is 8.37. The number of hydrogen-bond acceptors (Lipinski definition) is 5. The van der Waals surface area contributed by atoms with E-state index in [9.17, 15) is 14.4 Å². The molecule has 4 rings (SSSR count). The molecule has 0 aliphatic carbocycles. The Morgan fingerprint density at radius 2 is 1.69 bits per heavy atom. The zero-order chi connectivity index (χ0) is 25.1. The molecule has 2 aromatic heterocycles. The number of para-hydroxylation sites is 1. The van der Waals surface area contributed by atoms with Crippen LogP contribution in [-0.4, -0.2) is 25.8 Å². The van der Waals surface area contributed by atoms with Gasteiger partial charge >= 0.3 is 5.69 Å². The van der Waals surface area contributed by atoms with E-state index in [2.05, 4.69) is 4.98 Å². The van der Waals surface area contributed by atoms with Crippen molar-refractivity contribution >= 4 is 28.4 Å². The molecule has 7 nitrogen and oxygen atoms in total. The summed E-state index contributed by atoms with van der Waals surface area (Å²) in [5.41, 5.74) is 1.17. The fraction of sp³-hybridized carbons (Fsp3) is 0.259. The number of fused-ring (bicyclic) bond motifs is 1. The van der Waals surface area contributed by atoms with Gasteiger partial charge in [-0.3, -0.25) is 18.7 Å². The molecule has 4 aromatic rings. The van der Waals surface area contributed by atoms with Crippen LogP contribution in [0, 0.1) is 6.92 Å². The van der Waals surface area contributed by atoms with E-state index in [0.717, 1.165) is 4.57 Å². The van der Waals surface area contributed by atoms with Crippen LogP contribution in [0.3, 0.4) is 0 Å². The molecule has 180 valence electrons. The van der Waals surface area contributed by atoms with Crippen molar-refractivity contribution in [2.75, 3.05) is 5.88 Å². The molecule has 8 heteroatoms. The number of carbonyl (C=O) groups excluding carboxylic acids is 1. The molecule has 0 aliphatic heterocycles. The Labute approximate surface area is 207 Å². The van der Waals surface area contributed by atoms with Crippen molar-refractivity contribution in [1.82, 2.24) is 14.1 Å². The quantitative estimate of drug-likeness (QED) is 0.197. The van der Waals surface area contributed by atoms with E-state index in [1.165, 1.54) is 11.6 Å². The summed E-state index contributed by atoms with van der Waals surface area (Å²) in [4.78, 5) is 43.9. The summed E-state index contributed by atoms with van der Waals surface area (Å²) >= 11 is 5.81. The van der Waals surface area contributed by atoms with E-state index < -0.39 is 11.2 Å². The number of alkyl halides is 1. The normalized spacial score (nSPS) is 11.1. The van der Waals surface area contributed by atoms with E-state index in [1.807, 2.05) is 48.5 Å². The minimum absolute atomic E-state index is 0.123. The van der Waals surface area contributed by atoms with Crippen molar-refractivity contribution in [2.24, 2.45) is 14.1 Å². The van der Waals surface area contributed by atoms with Crippen molar-refractivity contribution in [1.29, 1.82) is 0 Å². The minimum Gasteiger partial charge on any atom is -0.457 e. The van der Waals surface area contributed by atoms with E-state index in [1.54, 1.807) is 20.0 Å². The smallest absolute Gasteiger partial charge is 0.332 e. The first-order valence-corrected chi connectivity index (χ1v) is 11.9. The number of halogens is 1. The maximum atomic E-state index is 13.4. The average Bonchev–Trinajstić information content (AvgIpc) is 2.86. The molecule has 0 N–H and O–H groups in total. The predicted molar refractivity (Wildman–Crippen MR) is 138 cm³/mol. The summed E-state index contributed by atoms with van der Waals surface area (Å²) in [5.74, 6) is 1.56. The Balaban J connectivity index is 2.00. The number of pyridine rings is 1. The lowest BCUT2D eigenvalue weighted by Crippen LogP contribution is -2.38.